The van der Waals surface area contributed by atoms with E-state index in [1.807, 2.05) is 31.1 Å². The number of ether oxygens (including phenoxy) is 1. The molecule has 0 amide bonds. The van der Waals surface area contributed by atoms with Gasteiger partial charge in [-0.15, -0.1) is 0 Å². The molecule has 1 heterocycles. The fraction of sp³-hybridized carbons (Fsp3) is 0.286. The highest BCUT2D eigenvalue weighted by atomic mass is 16.5. The molecule has 6 heteroatoms. The number of aromatic nitrogens is 2. The Balaban J connectivity index is 2.32. The van der Waals surface area contributed by atoms with Gasteiger partial charge in [-0.25, -0.2) is 4.98 Å². The van der Waals surface area contributed by atoms with Crippen LogP contribution in [0.5, 0.6) is 5.75 Å². The third-order valence-corrected chi connectivity index (χ3v) is 3.04. The molecule has 0 aliphatic carbocycles. The molecule has 106 valence electrons. The number of methoxy groups -OCH3 is 1. The number of hydrogen-bond donors (Lipinski definition) is 2. The van der Waals surface area contributed by atoms with Crippen molar-refractivity contribution < 1.29 is 4.74 Å². The van der Waals surface area contributed by atoms with Gasteiger partial charge >= 0.3 is 0 Å². The highest BCUT2D eigenvalue weighted by Gasteiger charge is 2.09. The van der Waals surface area contributed by atoms with E-state index in [1.54, 1.807) is 13.3 Å². The fourth-order valence-electron chi connectivity index (χ4n) is 1.99. The highest BCUT2D eigenvalue weighted by molar-refractivity contribution is 5.60. The summed E-state index contributed by atoms with van der Waals surface area (Å²) in [6.07, 6.45) is 2.31. The lowest BCUT2D eigenvalue weighted by Gasteiger charge is -2.18. The van der Waals surface area contributed by atoms with Crippen LogP contribution in [0.25, 0.3) is 0 Å². The van der Waals surface area contributed by atoms with Gasteiger partial charge in [0.25, 0.3) is 0 Å². The predicted octanol–water partition coefficient (Wildman–Crippen LogP) is 1.31. The Labute approximate surface area is 118 Å². The molecule has 0 radical (unpaired) electrons. The Morgan fingerprint density at radius 3 is 2.60 bits per heavy atom. The molecule has 6 nitrogen and oxygen atoms in total. The first-order valence-corrected chi connectivity index (χ1v) is 6.22. The van der Waals surface area contributed by atoms with Crippen molar-refractivity contribution in [2.75, 3.05) is 37.6 Å². The van der Waals surface area contributed by atoms with Gasteiger partial charge in [0.1, 0.15) is 11.6 Å². The van der Waals surface area contributed by atoms with Gasteiger partial charge in [0, 0.05) is 32.3 Å². The first-order chi connectivity index (χ1) is 9.51. The molecule has 0 bridgehead atoms. The van der Waals surface area contributed by atoms with Crippen LogP contribution in [0.4, 0.5) is 17.5 Å². The number of nitrogens with two attached hydrogens (primary N) is 2. The first kappa shape index (κ1) is 13.9. The summed E-state index contributed by atoms with van der Waals surface area (Å²) in [6, 6.07) is 6.01. The average molecular weight is 273 g/mol. The van der Waals surface area contributed by atoms with Crippen molar-refractivity contribution in [1.29, 1.82) is 0 Å². The molecule has 2 rings (SSSR count). The molecule has 2 aromatic rings. The van der Waals surface area contributed by atoms with Crippen LogP contribution in [0.15, 0.2) is 24.4 Å². The maximum Gasteiger partial charge on any atom is 0.221 e. The Hall–Kier alpha value is -2.50. The summed E-state index contributed by atoms with van der Waals surface area (Å²) in [5, 5.41) is 0. The molecule has 4 N–H and O–H groups in total. The van der Waals surface area contributed by atoms with Gasteiger partial charge in [0.05, 0.1) is 12.8 Å². The number of nitrogen functional groups attached to an aromatic ring is 2. The summed E-state index contributed by atoms with van der Waals surface area (Å²) in [5.74, 6) is 1.44. The van der Waals surface area contributed by atoms with E-state index in [4.69, 9.17) is 16.2 Å². The second kappa shape index (κ2) is 5.64. The zero-order valence-electron chi connectivity index (χ0n) is 11.9. The van der Waals surface area contributed by atoms with E-state index in [0.717, 1.165) is 22.6 Å². The molecule has 0 unspecified atom stereocenters. The summed E-state index contributed by atoms with van der Waals surface area (Å²) in [4.78, 5) is 9.95. The third kappa shape index (κ3) is 2.90. The zero-order valence-corrected chi connectivity index (χ0v) is 11.9. The van der Waals surface area contributed by atoms with E-state index < -0.39 is 0 Å². The smallest absolute Gasteiger partial charge is 0.221 e. The molecule has 0 fully saturated rings. The Morgan fingerprint density at radius 1 is 1.25 bits per heavy atom. The predicted molar refractivity (Wildman–Crippen MR) is 81.0 cm³/mol. The van der Waals surface area contributed by atoms with E-state index in [-0.39, 0.29) is 5.95 Å². The molecule has 0 saturated carbocycles. The van der Waals surface area contributed by atoms with Gasteiger partial charge in [-0.3, -0.25) is 0 Å². The minimum absolute atomic E-state index is 0.190. The normalized spacial score (nSPS) is 10.3. The summed E-state index contributed by atoms with van der Waals surface area (Å²) >= 11 is 0. The summed E-state index contributed by atoms with van der Waals surface area (Å²) < 4.78 is 5.34. The minimum atomic E-state index is 0.190. The van der Waals surface area contributed by atoms with Crippen LogP contribution in [-0.2, 0) is 6.42 Å². The summed E-state index contributed by atoms with van der Waals surface area (Å²) in [7, 11) is 5.61. The van der Waals surface area contributed by atoms with Gasteiger partial charge in [0.15, 0.2) is 0 Å². The fourth-order valence-corrected chi connectivity index (χ4v) is 1.99. The van der Waals surface area contributed by atoms with Gasteiger partial charge < -0.3 is 21.1 Å². The lowest BCUT2D eigenvalue weighted by Crippen LogP contribution is -2.11. The average Bonchev–Trinajstić information content (AvgIpc) is 2.41. The molecule has 0 aliphatic rings. The number of rotatable bonds is 4. The standard InChI is InChI=1S/C14H19N5O/c1-19(2)11-7-9(4-5-12(11)20-3)6-10-8-17-14(16)18-13(10)15/h4-5,7-8H,6H2,1-3H3,(H4,15,16,17,18). The lowest BCUT2D eigenvalue weighted by atomic mass is 10.1. The van der Waals surface area contributed by atoms with Crippen molar-refractivity contribution in [2.24, 2.45) is 0 Å². The van der Waals surface area contributed by atoms with Crippen LogP contribution in [0.1, 0.15) is 11.1 Å². The van der Waals surface area contributed by atoms with E-state index in [0.29, 0.717) is 12.2 Å². The van der Waals surface area contributed by atoms with Crippen molar-refractivity contribution in [3.05, 3.63) is 35.5 Å². The van der Waals surface area contributed by atoms with E-state index in [1.165, 1.54) is 0 Å². The molecule has 0 saturated heterocycles. The van der Waals surface area contributed by atoms with Gasteiger partial charge in [-0.2, -0.15) is 4.98 Å². The van der Waals surface area contributed by atoms with Crippen LogP contribution >= 0.6 is 0 Å². The molecule has 0 spiro atoms. The molecular weight excluding hydrogens is 254 g/mol. The lowest BCUT2D eigenvalue weighted by molar-refractivity contribution is 0.415. The van der Waals surface area contributed by atoms with Gasteiger partial charge in [-0.1, -0.05) is 6.07 Å². The van der Waals surface area contributed by atoms with E-state index in [9.17, 15) is 0 Å². The summed E-state index contributed by atoms with van der Waals surface area (Å²) in [5.41, 5.74) is 14.3. The first-order valence-electron chi connectivity index (χ1n) is 6.22. The van der Waals surface area contributed by atoms with Crippen molar-refractivity contribution in [3.8, 4) is 5.75 Å². The molecule has 0 atom stereocenters. The van der Waals surface area contributed by atoms with Crippen LogP contribution in [-0.4, -0.2) is 31.2 Å². The van der Waals surface area contributed by atoms with Gasteiger partial charge in [-0.05, 0) is 17.7 Å². The molecule has 1 aromatic carbocycles. The number of nitrogens with zero attached hydrogens (tertiary/aromatic N) is 3. The topological polar surface area (TPSA) is 90.3 Å². The Morgan fingerprint density at radius 2 is 2.00 bits per heavy atom. The number of anilines is 3. The van der Waals surface area contributed by atoms with Crippen molar-refractivity contribution in [3.63, 3.8) is 0 Å². The maximum absolute atomic E-state index is 5.86. The van der Waals surface area contributed by atoms with Crippen molar-refractivity contribution in [1.82, 2.24) is 9.97 Å². The SMILES string of the molecule is COc1ccc(Cc2cnc(N)nc2N)cc1N(C)C. The van der Waals surface area contributed by atoms with Crippen LogP contribution < -0.4 is 21.1 Å². The van der Waals surface area contributed by atoms with Crippen LogP contribution in [0.2, 0.25) is 0 Å². The Kier molecular flexibility index (Phi) is 3.93. The molecule has 0 aliphatic heterocycles. The molecule has 1 aromatic heterocycles. The quantitative estimate of drug-likeness (QED) is 0.872. The van der Waals surface area contributed by atoms with Gasteiger partial charge in [0.2, 0.25) is 5.95 Å². The monoisotopic (exact) mass is 273 g/mol. The van der Waals surface area contributed by atoms with Crippen molar-refractivity contribution in [2.45, 2.75) is 6.42 Å². The summed E-state index contributed by atoms with van der Waals surface area (Å²) in [6.45, 7) is 0. The Bertz CT molecular complexity index is 613. The zero-order chi connectivity index (χ0) is 14.7. The van der Waals surface area contributed by atoms with Crippen molar-refractivity contribution >= 4 is 17.5 Å². The molecular formula is C14H19N5O. The number of hydrogen-bond acceptors (Lipinski definition) is 6. The largest absolute Gasteiger partial charge is 0.495 e. The minimum Gasteiger partial charge on any atom is -0.495 e. The van der Waals surface area contributed by atoms with E-state index >= 15 is 0 Å². The maximum atomic E-state index is 5.86. The second-order valence-electron chi connectivity index (χ2n) is 4.72. The third-order valence-electron chi connectivity index (χ3n) is 3.04. The van der Waals surface area contributed by atoms with Crippen LogP contribution in [0.3, 0.4) is 0 Å². The van der Waals surface area contributed by atoms with Crippen LogP contribution in [0, 0.1) is 0 Å². The number of benzene rings is 1. The second-order valence-corrected chi connectivity index (χ2v) is 4.72. The highest BCUT2D eigenvalue weighted by Crippen LogP contribution is 2.29. The van der Waals surface area contributed by atoms with E-state index in [2.05, 4.69) is 16.0 Å². The molecule has 20 heavy (non-hydrogen) atoms.